The number of carbonyl (C=O) groups is 1. The lowest BCUT2D eigenvalue weighted by Gasteiger charge is -2.36. The van der Waals surface area contributed by atoms with Crippen LogP contribution in [0.15, 0.2) is 36.9 Å². The molecule has 2 aromatic rings. The van der Waals surface area contributed by atoms with Crippen molar-refractivity contribution in [2.75, 3.05) is 32.7 Å². The van der Waals surface area contributed by atoms with Crippen LogP contribution < -0.4 is 0 Å². The number of H-pyrrole nitrogens is 1. The van der Waals surface area contributed by atoms with Crippen molar-refractivity contribution in [1.29, 1.82) is 0 Å². The van der Waals surface area contributed by atoms with Crippen molar-refractivity contribution in [3.63, 3.8) is 0 Å². The predicted octanol–water partition coefficient (Wildman–Crippen LogP) is 2.58. The van der Waals surface area contributed by atoms with Gasteiger partial charge in [0.2, 0.25) is 0 Å². The molecular weight excluding hydrogens is 378 g/mol. The minimum absolute atomic E-state index is 0.0431. The van der Waals surface area contributed by atoms with Gasteiger partial charge in [-0.05, 0) is 69.6 Å². The number of nitrogens with zero attached hydrogens (tertiary/aromatic N) is 4. The molecule has 30 heavy (non-hydrogen) atoms. The smallest absolute Gasteiger partial charge is 0.312 e. The lowest BCUT2D eigenvalue weighted by atomic mass is 9.76. The Kier molecular flexibility index (Phi) is 5.56. The molecule has 3 fully saturated rings. The summed E-state index contributed by atoms with van der Waals surface area (Å²) in [7, 11) is 0. The predicted molar refractivity (Wildman–Crippen MR) is 113 cm³/mol. The Hall–Kier alpha value is -2.25. The zero-order chi connectivity index (χ0) is 20.4. The number of ether oxygens (including phenoxy) is 1. The zero-order valence-corrected chi connectivity index (χ0v) is 17.5. The maximum Gasteiger partial charge on any atom is 0.312 e. The number of cyclic esters (lactones) is 1. The molecule has 0 aromatic carbocycles. The Bertz CT molecular complexity index is 825. The summed E-state index contributed by atoms with van der Waals surface area (Å²) in [6.45, 7) is 5.82. The first-order valence-corrected chi connectivity index (χ1v) is 11.2. The first-order chi connectivity index (χ1) is 14.7. The summed E-state index contributed by atoms with van der Waals surface area (Å²) in [6, 6.07) is 4.14. The van der Waals surface area contributed by atoms with Gasteiger partial charge >= 0.3 is 5.97 Å². The van der Waals surface area contributed by atoms with Gasteiger partial charge in [0, 0.05) is 50.2 Å². The van der Waals surface area contributed by atoms with Crippen LogP contribution in [0.4, 0.5) is 0 Å². The van der Waals surface area contributed by atoms with Crippen LogP contribution in [0.2, 0.25) is 0 Å². The van der Waals surface area contributed by atoms with E-state index in [-0.39, 0.29) is 17.5 Å². The van der Waals surface area contributed by atoms with E-state index in [4.69, 9.17) is 4.74 Å². The highest BCUT2D eigenvalue weighted by molar-refractivity contribution is 5.79. The highest BCUT2D eigenvalue weighted by Crippen LogP contribution is 2.43. The third-order valence-corrected chi connectivity index (χ3v) is 7.25. The van der Waals surface area contributed by atoms with Crippen molar-refractivity contribution in [3.8, 4) is 0 Å². The second-order valence-electron chi connectivity index (χ2n) is 9.19. The van der Waals surface area contributed by atoms with Crippen LogP contribution in [0, 0.1) is 5.41 Å². The van der Waals surface area contributed by atoms with Crippen molar-refractivity contribution < 1.29 is 9.53 Å². The summed E-state index contributed by atoms with van der Waals surface area (Å²) in [5.74, 6) is 1.68. The molecule has 1 atom stereocenters. The van der Waals surface area contributed by atoms with Crippen LogP contribution >= 0.6 is 0 Å². The standard InChI is InChI=1S/C23H31N5O2/c29-22-23(5-13-28(14-6-23)16-18-1-7-24-8-2-18)15-20(30-22)17-27-11-3-19(4-12-27)21-25-9-10-26-21/h1-2,7-10,19-20H,3-6,11-17H2,(H,25,26). The molecule has 0 amide bonds. The van der Waals surface area contributed by atoms with Gasteiger partial charge in [0.15, 0.2) is 0 Å². The molecule has 3 aliphatic heterocycles. The lowest BCUT2D eigenvalue weighted by Crippen LogP contribution is -2.42. The first-order valence-electron chi connectivity index (χ1n) is 11.2. The Morgan fingerprint density at radius 2 is 1.83 bits per heavy atom. The summed E-state index contributed by atoms with van der Waals surface area (Å²) in [5.41, 5.74) is 1.03. The molecule has 0 bridgehead atoms. The summed E-state index contributed by atoms with van der Waals surface area (Å²) in [6.07, 6.45) is 12.4. The molecule has 0 aliphatic carbocycles. The number of pyridine rings is 1. The molecule has 7 heteroatoms. The number of esters is 1. The second kappa shape index (κ2) is 8.47. The number of carbonyl (C=O) groups excluding carboxylic acids is 1. The highest BCUT2D eigenvalue weighted by atomic mass is 16.6. The van der Waals surface area contributed by atoms with Gasteiger partial charge < -0.3 is 9.72 Å². The number of nitrogens with one attached hydrogen (secondary N) is 1. The number of imidazole rings is 1. The molecule has 160 valence electrons. The fourth-order valence-electron chi connectivity index (χ4n) is 5.41. The fourth-order valence-corrected chi connectivity index (χ4v) is 5.41. The van der Waals surface area contributed by atoms with Crippen LogP contribution in [-0.2, 0) is 16.1 Å². The van der Waals surface area contributed by atoms with Crippen molar-refractivity contribution in [3.05, 3.63) is 48.3 Å². The Morgan fingerprint density at radius 1 is 1.07 bits per heavy atom. The van der Waals surface area contributed by atoms with E-state index in [9.17, 15) is 4.79 Å². The summed E-state index contributed by atoms with van der Waals surface area (Å²) >= 11 is 0. The number of hydrogen-bond acceptors (Lipinski definition) is 6. The number of piperidine rings is 2. The van der Waals surface area contributed by atoms with E-state index in [2.05, 4.69) is 36.9 Å². The van der Waals surface area contributed by atoms with E-state index in [1.54, 1.807) is 0 Å². The number of aromatic nitrogens is 3. The van der Waals surface area contributed by atoms with Crippen molar-refractivity contribution in [2.24, 2.45) is 5.41 Å². The number of aromatic amines is 1. The molecule has 5 heterocycles. The van der Waals surface area contributed by atoms with Crippen molar-refractivity contribution in [1.82, 2.24) is 24.8 Å². The lowest BCUT2D eigenvalue weighted by molar-refractivity contribution is -0.151. The summed E-state index contributed by atoms with van der Waals surface area (Å²) in [4.78, 5) is 29.5. The minimum Gasteiger partial charge on any atom is -0.461 e. The molecule has 7 nitrogen and oxygen atoms in total. The Balaban J connectivity index is 1.10. The minimum atomic E-state index is -0.258. The molecule has 0 radical (unpaired) electrons. The van der Waals surface area contributed by atoms with Gasteiger partial charge in [0.25, 0.3) is 0 Å². The van der Waals surface area contributed by atoms with Gasteiger partial charge in [-0.1, -0.05) is 0 Å². The molecule has 1 spiro atoms. The van der Waals surface area contributed by atoms with Gasteiger partial charge in [0.05, 0.1) is 5.41 Å². The Labute approximate surface area is 177 Å². The molecule has 2 aromatic heterocycles. The maximum absolute atomic E-state index is 12.8. The summed E-state index contributed by atoms with van der Waals surface area (Å²) in [5, 5.41) is 0. The maximum atomic E-state index is 12.8. The first kappa shape index (κ1) is 19.7. The molecule has 3 saturated heterocycles. The van der Waals surface area contributed by atoms with E-state index >= 15 is 0 Å². The Morgan fingerprint density at radius 3 is 2.53 bits per heavy atom. The topological polar surface area (TPSA) is 74.3 Å². The van der Waals surface area contributed by atoms with Gasteiger partial charge in [-0.15, -0.1) is 0 Å². The molecule has 0 saturated carbocycles. The number of likely N-dealkylation sites (tertiary alicyclic amines) is 2. The van der Waals surface area contributed by atoms with Gasteiger partial charge in [-0.25, -0.2) is 4.98 Å². The quantitative estimate of drug-likeness (QED) is 0.765. The van der Waals surface area contributed by atoms with Gasteiger partial charge in [0.1, 0.15) is 11.9 Å². The third kappa shape index (κ3) is 4.14. The summed E-state index contributed by atoms with van der Waals surface area (Å²) < 4.78 is 5.88. The molecule has 1 N–H and O–H groups in total. The SMILES string of the molecule is O=C1OC(CN2CCC(c3ncc[nH]3)CC2)CC12CCN(Cc1ccncc1)CC2. The second-order valence-corrected chi connectivity index (χ2v) is 9.19. The van der Waals surface area contributed by atoms with Gasteiger partial charge in [-0.3, -0.25) is 19.6 Å². The van der Waals surface area contributed by atoms with Crippen molar-refractivity contribution in [2.45, 2.75) is 50.7 Å². The van der Waals surface area contributed by atoms with E-state index < -0.39 is 0 Å². The highest BCUT2D eigenvalue weighted by Gasteiger charge is 2.50. The largest absolute Gasteiger partial charge is 0.461 e. The molecule has 5 rings (SSSR count). The van der Waals surface area contributed by atoms with E-state index in [1.165, 1.54) is 5.56 Å². The average Bonchev–Trinajstić information content (AvgIpc) is 3.40. The number of rotatable bonds is 5. The zero-order valence-electron chi connectivity index (χ0n) is 17.5. The van der Waals surface area contributed by atoms with Gasteiger partial charge in [-0.2, -0.15) is 0 Å². The molecule has 3 aliphatic rings. The van der Waals surface area contributed by atoms with Crippen LogP contribution in [0.5, 0.6) is 0 Å². The number of hydrogen-bond donors (Lipinski definition) is 1. The normalized spacial score (nSPS) is 25.6. The van der Waals surface area contributed by atoms with Crippen LogP contribution in [0.1, 0.15) is 49.4 Å². The van der Waals surface area contributed by atoms with E-state index in [0.29, 0.717) is 5.92 Å². The molecule has 1 unspecified atom stereocenters. The third-order valence-electron chi connectivity index (χ3n) is 7.25. The molecular formula is C23H31N5O2. The van der Waals surface area contributed by atoms with Crippen molar-refractivity contribution >= 4 is 5.97 Å². The van der Waals surface area contributed by atoms with E-state index in [0.717, 1.165) is 77.2 Å². The monoisotopic (exact) mass is 409 g/mol. The fraction of sp³-hybridized carbons (Fsp3) is 0.609. The van der Waals surface area contributed by atoms with Crippen LogP contribution in [-0.4, -0.2) is 69.5 Å². The van der Waals surface area contributed by atoms with E-state index in [1.807, 2.05) is 24.8 Å². The van der Waals surface area contributed by atoms with Crippen LogP contribution in [0.3, 0.4) is 0 Å². The average molecular weight is 410 g/mol. The van der Waals surface area contributed by atoms with Crippen LogP contribution in [0.25, 0.3) is 0 Å².